The Kier molecular flexibility index (Phi) is 6.54. The number of alkyl halides is 3. The third kappa shape index (κ3) is 4.84. The molecule has 1 aromatic carbocycles. The van der Waals surface area contributed by atoms with Gasteiger partial charge in [0.25, 0.3) is 5.91 Å². The van der Waals surface area contributed by atoms with Gasteiger partial charge in [-0.3, -0.25) is 14.1 Å². The van der Waals surface area contributed by atoms with Crippen LogP contribution in [0, 0.1) is 0 Å². The zero-order valence-corrected chi connectivity index (χ0v) is 16.8. The van der Waals surface area contributed by atoms with Crippen molar-refractivity contribution in [1.82, 2.24) is 15.1 Å². The summed E-state index contributed by atoms with van der Waals surface area (Å²) >= 11 is 5.71. The number of benzene rings is 1. The van der Waals surface area contributed by atoms with E-state index in [4.69, 9.17) is 21.4 Å². The van der Waals surface area contributed by atoms with E-state index in [0.717, 1.165) is 6.07 Å². The number of hydrogen-bond acceptors (Lipinski definition) is 6. The average molecular weight is 470 g/mol. The quantitative estimate of drug-likeness (QED) is 0.433. The van der Waals surface area contributed by atoms with E-state index in [9.17, 15) is 27.6 Å². The monoisotopic (exact) mass is 469 g/mol. The molecule has 14 heteroatoms. The van der Waals surface area contributed by atoms with Gasteiger partial charge in [-0.2, -0.15) is 13.2 Å². The average Bonchev–Trinajstić information content (AvgIpc) is 3.17. The van der Waals surface area contributed by atoms with Crippen molar-refractivity contribution in [2.24, 2.45) is 0 Å². The summed E-state index contributed by atoms with van der Waals surface area (Å²) < 4.78 is 43.4. The fourth-order valence-corrected chi connectivity index (χ4v) is 3.76. The molecule has 2 aliphatic heterocycles. The van der Waals surface area contributed by atoms with Gasteiger partial charge in [0.1, 0.15) is 12.8 Å². The lowest BCUT2D eigenvalue weighted by Crippen LogP contribution is -2.33. The smallest absolute Gasteiger partial charge is 0.334 e. The van der Waals surface area contributed by atoms with Crippen molar-refractivity contribution in [3.8, 4) is 0 Å². The number of nitrogens with one attached hydrogen (secondary N) is 1. The number of halogens is 4. The number of carbonyl (C=O) groups is 3. The maximum absolute atomic E-state index is 13.0. The van der Waals surface area contributed by atoms with Crippen LogP contribution in [-0.2, 0) is 33.4 Å². The van der Waals surface area contributed by atoms with Gasteiger partial charge < -0.3 is 20.0 Å². The maximum atomic E-state index is 13.0. The van der Waals surface area contributed by atoms with Crippen LogP contribution >= 0.6 is 20.2 Å². The lowest BCUT2D eigenvalue weighted by Gasteiger charge is -2.16. The van der Waals surface area contributed by atoms with Gasteiger partial charge in [0.15, 0.2) is 0 Å². The normalized spacial score (nSPS) is 19.0. The molecule has 1 fully saturated rings. The molecule has 1 saturated heterocycles. The molecule has 2 aliphatic rings. The minimum Gasteiger partial charge on any atom is -0.334 e. The molecular formula is C16H16ClF3N3O6P. The Morgan fingerprint density at radius 2 is 1.90 bits per heavy atom. The van der Waals surface area contributed by atoms with Crippen LogP contribution in [0.4, 0.5) is 18.0 Å². The fourth-order valence-electron chi connectivity index (χ4n) is 3.24. The van der Waals surface area contributed by atoms with Crippen molar-refractivity contribution in [1.29, 1.82) is 0 Å². The number of rotatable bonds is 6. The van der Waals surface area contributed by atoms with Crippen LogP contribution in [0.25, 0.3) is 0 Å². The van der Waals surface area contributed by atoms with Gasteiger partial charge in [0.05, 0.1) is 10.6 Å². The van der Waals surface area contributed by atoms with E-state index in [1.54, 1.807) is 0 Å². The first-order chi connectivity index (χ1) is 14.0. The van der Waals surface area contributed by atoms with Crippen LogP contribution < -0.4 is 5.32 Å². The highest BCUT2D eigenvalue weighted by atomic mass is 35.5. The SMILES string of the molecule is O=C(CCC1NC(=O)N(COP(O)O)C1=O)N1Cc2cc(Cl)c(C(F)(F)F)cc2C1. The maximum Gasteiger partial charge on any atom is 0.417 e. The highest BCUT2D eigenvalue weighted by Gasteiger charge is 2.39. The predicted octanol–water partition coefficient (Wildman–Crippen LogP) is 2.09. The fraction of sp³-hybridized carbons (Fsp3) is 0.438. The van der Waals surface area contributed by atoms with Crippen LogP contribution in [0.5, 0.6) is 0 Å². The lowest BCUT2D eigenvalue weighted by molar-refractivity contribution is -0.137. The van der Waals surface area contributed by atoms with Crippen LogP contribution in [0.2, 0.25) is 5.02 Å². The van der Waals surface area contributed by atoms with Gasteiger partial charge in [0, 0.05) is 19.5 Å². The number of urea groups is 1. The molecule has 0 aliphatic carbocycles. The van der Waals surface area contributed by atoms with E-state index >= 15 is 0 Å². The molecular weight excluding hydrogens is 454 g/mol. The third-order valence-electron chi connectivity index (χ3n) is 4.73. The van der Waals surface area contributed by atoms with Gasteiger partial charge in [-0.1, -0.05) is 11.6 Å². The summed E-state index contributed by atoms with van der Waals surface area (Å²) in [5, 5.41) is 1.92. The third-order valence-corrected chi connectivity index (χ3v) is 5.39. The molecule has 0 radical (unpaired) electrons. The number of hydrogen-bond donors (Lipinski definition) is 3. The van der Waals surface area contributed by atoms with E-state index in [0.29, 0.717) is 16.0 Å². The second-order valence-electron chi connectivity index (χ2n) is 6.67. The molecule has 1 aromatic rings. The van der Waals surface area contributed by atoms with Crippen molar-refractivity contribution in [2.75, 3.05) is 6.73 Å². The second kappa shape index (κ2) is 8.64. The van der Waals surface area contributed by atoms with Crippen molar-refractivity contribution in [2.45, 2.75) is 38.1 Å². The van der Waals surface area contributed by atoms with Gasteiger partial charge in [0.2, 0.25) is 5.91 Å². The highest BCUT2D eigenvalue weighted by molar-refractivity contribution is 7.39. The highest BCUT2D eigenvalue weighted by Crippen LogP contribution is 2.38. The summed E-state index contributed by atoms with van der Waals surface area (Å²) in [7, 11) is -2.74. The van der Waals surface area contributed by atoms with Crippen LogP contribution in [0.3, 0.4) is 0 Å². The first-order valence-electron chi connectivity index (χ1n) is 8.56. The Balaban J connectivity index is 1.57. The summed E-state index contributed by atoms with van der Waals surface area (Å²) in [4.78, 5) is 55.8. The van der Waals surface area contributed by atoms with Gasteiger partial charge in [-0.15, -0.1) is 0 Å². The van der Waals surface area contributed by atoms with Gasteiger partial charge in [-0.05, 0) is 29.7 Å². The number of carbonyl (C=O) groups excluding carboxylic acids is 3. The molecule has 0 spiro atoms. The van der Waals surface area contributed by atoms with Crippen LogP contribution in [-0.4, -0.2) is 50.2 Å². The molecule has 4 amide bonds. The topological polar surface area (TPSA) is 119 Å². The summed E-state index contributed by atoms with van der Waals surface area (Å²) in [6.07, 6.45) is -4.77. The Bertz CT molecular complexity index is 885. The standard InChI is InChI=1S/C16H16ClF3N3O6P/c17-11-4-9-6-22(5-8(9)3-10(11)16(18,19)20)13(24)2-1-12-14(25)23(15(26)21-12)7-29-30(27)28/h3-4,12,27-28H,1-2,5-7H2,(H,21,26). The summed E-state index contributed by atoms with van der Waals surface area (Å²) in [6, 6.07) is 0.339. The Labute approximate surface area is 174 Å². The molecule has 0 bridgehead atoms. The molecule has 2 heterocycles. The van der Waals surface area contributed by atoms with E-state index in [1.165, 1.54) is 11.0 Å². The van der Waals surface area contributed by atoms with Crippen molar-refractivity contribution in [3.63, 3.8) is 0 Å². The number of amides is 4. The van der Waals surface area contributed by atoms with Crippen molar-refractivity contribution in [3.05, 3.63) is 33.8 Å². The van der Waals surface area contributed by atoms with Crippen LogP contribution in [0.15, 0.2) is 12.1 Å². The van der Waals surface area contributed by atoms with E-state index in [-0.39, 0.29) is 25.9 Å². The minimum atomic E-state index is -4.60. The molecule has 0 aromatic heterocycles. The first-order valence-corrected chi connectivity index (χ1v) is 10.1. The minimum absolute atomic E-state index is 0.0180. The van der Waals surface area contributed by atoms with Crippen molar-refractivity contribution < 1.29 is 41.9 Å². The van der Waals surface area contributed by atoms with Gasteiger partial charge >= 0.3 is 20.8 Å². The Morgan fingerprint density at radius 1 is 1.27 bits per heavy atom. The zero-order chi connectivity index (χ0) is 22.2. The molecule has 1 atom stereocenters. The first kappa shape index (κ1) is 22.7. The van der Waals surface area contributed by atoms with Gasteiger partial charge in [-0.25, -0.2) is 9.69 Å². The van der Waals surface area contributed by atoms with E-state index < -0.39 is 56.0 Å². The Hall–Kier alpha value is -1.98. The number of nitrogens with zero attached hydrogens (tertiary/aromatic N) is 2. The van der Waals surface area contributed by atoms with E-state index in [1.807, 2.05) is 0 Å². The largest absolute Gasteiger partial charge is 0.417 e. The molecule has 1 unspecified atom stereocenters. The van der Waals surface area contributed by atoms with Crippen molar-refractivity contribution >= 4 is 38.0 Å². The molecule has 0 saturated carbocycles. The number of imide groups is 1. The molecule has 3 rings (SSSR count). The Morgan fingerprint density at radius 3 is 2.50 bits per heavy atom. The second-order valence-corrected chi connectivity index (χ2v) is 7.84. The summed E-state index contributed by atoms with van der Waals surface area (Å²) in [5.41, 5.74) is -0.106. The predicted molar refractivity (Wildman–Crippen MR) is 96.4 cm³/mol. The summed E-state index contributed by atoms with van der Waals surface area (Å²) in [5.74, 6) is -1.09. The molecule has 9 nitrogen and oxygen atoms in total. The molecule has 30 heavy (non-hydrogen) atoms. The summed E-state index contributed by atoms with van der Waals surface area (Å²) in [6.45, 7) is -0.568. The number of fused-ring (bicyclic) bond motifs is 1. The molecule has 3 N–H and O–H groups in total. The van der Waals surface area contributed by atoms with Crippen LogP contribution in [0.1, 0.15) is 29.5 Å². The molecule has 164 valence electrons. The van der Waals surface area contributed by atoms with E-state index in [2.05, 4.69) is 9.84 Å². The zero-order valence-electron chi connectivity index (χ0n) is 15.1. The lowest BCUT2D eigenvalue weighted by atomic mass is 10.1.